The van der Waals surface area contributed by atoms with E-state index in [1.165, 1.54) is 0 Å². The highest BCUT2D eigenvalue weighted by Crippen LogP contribution is 2.35. The first-order chi connectivity index (χ1) is 15.9. The van der Waals surface area contributed by atoms with Crippen molar-refractivity contribution in [2.24, 2.45) is 10.7 Å². The van der Waals surface area contributed by atoms with E-state index in [0.717, 1.165) is 27.8 Å². The van der Waals surface area contributed by atoms with Crippen LogP contribution >= 0.6 is 0 Å². The van der Waals surface area contributed by atoms with Gasteiger partial charge in [-0.1, -0.05) is 24.3 Å². The first kappa shape index (κ1) is 23.0. The average molecular weight is 450 g/mol. The summed E-state index contributed by atoms with van der Waals surface area (Å²) in [5.74, 6) is 0.510. The molecule has 0 spiro atoms. The van der Waals surface area contributed by atoms with E-state index in [0.29, 0.717) is 43.1 Å². The van der Waals surface area contributed by atoms with Crippen molar-refractivity contribution in [3.05, 3.63) is 69.8 Å². The van der Waals surface area contributed by atoms with Gasteiger partial charge in [0.05, 0.1) is 24.3 Å². The van der Waals surface area contributed by atoms with E-state index < -0.39 is 12.1 Å². The highest BCUT2D eigenvalue weighted by molar-refractivity contribution is 5.99. The van der Waals surface area contributed by atoms with Crippen molar-refractivity contribution >= 4 is 17.8 Å². The number of hydrogen-bond donors (Lipinski definition) is 2. The molecule has 7 nitrogen and oxygen atoms in total. The quantitative estimate of drug-likeness (QED) is 0.684. The Morgan fingerprint density at radius 3 is 2.73 bits per heavy atom. The van der Waals surface area contributed by atoms with Gasteiger partial charge in [0.15, 0.2) is 6.73 Å². The van der Waals surface area contributed by atoms with Crippen molar-refractivity contribution in [2.45, 2.75) is 38.8 Å². The molecule has 174 valence electrons. The molecule has 0 saturated carbocycles. The molecule has 1 saturated heterocycles. The van der Waals surface area contributed by atoms with E-state index >= 15 is 0 Å². The number of amides is 1. The molecule has 4 rings (SSSR count). The van der Waals surface area contributed by atoms with Crippen LogP contribution in [-0.2, 0) is 11.2 Å². The van der Waals surface area contributed by atoms with Crippen LogP contribution in [0, 0.1) is 13.8 Å². The van der Waals surface area contributed by atoms with Crippen molar-refractivity contribution in [1.82, 2.24) is 4.90 Å². The third-order valence-corrected chi connectivity index (χ3v) is 6.56. The Morgan fingerprint density at radius 2 is 2.03 bits per heavy atom. The summed E-state index contributed by atoms with van der Waals surface area (Å²) in [6, 6.07) is 9.62. The van der Waals surface area contributed by atoms with Crippen molar-refractivity contribution in [3.63, 3.8) is 0 Å². The maximum atomic E-state index is 13.4. The second kappa shape index (κ2) is 9.77. The zero-order valence-electron chi connectivity index (χ0n) is 19.4. The first-order valence-corrected chi connectivity index (χ1v) is 11.2. The van der Waals surface area contributed by atoms with Gasteiger partial charge in [-0.25, -0.2) is 0 Å². The van der Waals surface area contributed by atoms with Gasteiger partial charge in [-0.15, -0.1) is 0 Å². The standard InChI is InChI=1S/C26H31N3O4/c1-16-17(2)25-21(26(31)29(15-33-25)23-14-32-11-9-24(23)30)13-20(16)12-18-4-6-19(7-5-18)22(27)8-10-28-3/h4-8,10,13,23-24,30H,9,11-12,14-15,27H2,1-3H3/t23-,24-/m0/s1. The van der Waals surface area contributed by atoms with Crippen molar-refractivity contribution < 1.29 is 19.4 Å². The number of ether oxygens (including phenoxy) is 2. The summed E-state index contributed by atoms with van der Waals surface area (Å²) in [4.78, 5) is 18.9. The van der Waals surface area contributed by atoms with Crippen LogP contribution in [0.1, 0.15) is 44.6 Å². The fourth-order valence-corrected chi connectivity index (χ4v) is 4.38. The van der Waals surface area contributed by atoms with Gasteiger partial charge in [-0.05, 0) is 66.6 Å². The monoisotopic (exact) mass is 449 g/mol. The van der Waals surface area contributed by atoms with Crippen LogP contribution in [-0.4, -0.2) is 61.3 Å². The lowest BCUT2D eigenvalue weighted by atomic mass is 9.92. The molecule has 1 amide bonds. The molecule has 0 aliphatic carbocycles. The van der Waals surface area contributed by atoms with Crippen LogP contribution in [0.2, 0.25) is 0 Å². The molecule has 0 aromatic heterocycles. The molecule has 7 heteroatoms. The molecule has 2 atom stereocenters. The fraction of sp³-hybridized carbons (Fsp3) is 0.385. The Kier molecular flexibility index (Phi) is 6.81. The number of fused-ring (bicyclic) bond motifs is 1. The second-order valence-electron chi connectivity index (χ2n) is 8.61. The predicted octanol–water partition coefficient (Wildman–Crippen LogP) is 2.84. The van der Waals surface area contributed by atoms with Crippen LogP contribution in [0.25, 0.3) is 5.70 Å². The van der Waals surface area contributed by atoms with Gasteiger partial charge >= 0.3 is 0 Å². The number of carbonyl (C=O) groups is 1. The number of aliphatic hydroxyl groups is 1. The molecule has 2 aromatic rings. The maximum absolute atomic E-state index is 13.4. The summed E-state index contributed by atoms with van der Waals surface area (Å²) in [7, 11) is 1.70. The molecule has 3 N–H and O–H groups in total. The molecule has 2 aliphatic heterocycles. The highest BCUT2D eigenvalue weighted by atomic mass is 16.5. The lowest BCUT2D eigenvalue weighted by Gasteiger charge is -2.40. The third-order valence-electron chi connectivity index (χ3n) is 6.56. The Bertz CT molecular complexity index is 1090. The van der Waals surface area contributed by atoms with E-state index in [1.54, 1.807) is 24.2 Å². The van der Waals surface area contributed by atoms with Gasteiger partial charge in [0, 0.05) is 25.6 Å². The average Bonchev–Trinajstić information content (AvgIpc) is 2.82. The van der Waals surface area contributed by atoms with Crippen LogP contribution in [0.3, 0.4) is 0 Å². The van der Waals surface area contributed by atoms with Crippen LogP contribution in [0.15, 0.2) is 41.4 Å². The topological polar surface area (TPSA) is 97.4 Å². The number of rotatable bonds is 5. The number of aliphatic imine (C=N–C) groups is 1. The SMILES string of the molecule is CN=CC=C(N)c1ccc(Cc2cc3c(c(C)c2C)OCN([C@H]2COCC[C@@H]2O)C3=O)cc1. The van der Waals surface area contributed by atoms with Gasteiger partial charge in [-0.2, -0.15) is 0 Å². The molecule has 0 radical (unpaired) electrons. The molecule has 0 unspecified atom stereocenters. The Balaban J connectivity index is 1.60. The van der Waals surface area contributed by atoms with Crippen molar-refractivity contribution in [1.29, 1.82) is 0 Å². The van der Waals surface area contributed by atoms with E-state index in [-0.39, 0.29) is 12.6 Å². The Labute approximate surface area is 194 Å². The summed E-state index contributed by atoms with van der Waals surface area (Å²) in [6.07, 6.45) is 4.03. The Morgan fingerprint density at radius 1 is 1.27 bits per heavy atom. The highest BCUT2D eigenvalue weighted by Gasteiger charge is 2.37. The number of benzene rings is 2. The van der Waals surface area contributed by atoms with Crippen molar-refractivity contribution in [2.75, 3.05) is 27.0 Å². The fourth-order valence-electron chi connectivity index (χ4n) is 4.38. The molecular weight excluding hydrogens is 418 g/mol. The maximum Gasteiger partial charge on any atom is 0.260 e. The zero-order chi connectivity index (χ0) is 23.5. The van der Waals surface area contributed by atoms with Crippen molar-refractivity contribution in [3.8, 4) is 5.75 Å². The molecule has 2 aliphatic rings. The van der Waals surface area contributed by atoms with Gasteiger partial charge in [0.1, 0.15) is 5.75 Å². The second-order valence-corrected chi connectivity index (χ2v) is 8.61. The minimum atomic E-state index is -0.609. The van der Waals surface area contributed by atoms with Gasteiger partial charge < -0.3 is 20.3 Å². The van der Waals surface area contributed by atoms with Crippen LogP contribution in [0.5, 0.6) is 5.75 Å². The molecule has 0 bridgehead atoms. The smallest absolute Gasteiger partial charge is 0.260 e. The number of nitrogens with zero attached hydrogens (tertiary/aromatic N) is 2. The van der Waals surface area contributed by atoms with Crippen LogP contribution in [0.4, 0.5) is 0 Å². The number of allylic oxidation sites excluding steroid dienone is 1. The largest absolute Gasteiger partial charge is 0.472 e. The van der Waals surface area contributed by atoms with E-state index in [1.807, 2.05) is 37.3 Å². The predicted molar refractivity (Wildman–Crippen MR) is 129 cm³/mol. The number of carbonyl (C=O) groups excluding carboxylic acids is 1. The van der Waals surface area contributed by atoms with Crippen LogP contribution < -0.4 is 10.5 Å². The minimum absolute atomic E-state index is 0.121. The molecule has 1 fully saturated rings. The third kappa shape index (κ3) is 4.65. The summed E-state index contributed by atoms with van der Waals surface area (Å²) in [6.45, 7) is 4.99. The van der Waals surface area contributed by atoms with Gasteiger partial charge in [-0.3, -0.25) is 14.7 Å². The van der Waals surface area contributed by atoms with E-state index in [2.05, 4.69) is 11.9 Å². The van der Waals surface area contributed by atoms with E-state index in [4.69, 9.17) is 15.2 Å². The van der Waals surface area contributed by atoms with E-state index in [9.17, 15) is 9.90 Å². The number of hydrogen-bond acceptors (Lipinski definition) is 6. The number of nitrogens with two attached hydrogens (primary N) is 1. The number of aliphatic hydroxyl groups excluding tert-OH is 1. The summed E-state index contributed by atoms with van der Waals surface area (Å²) >= 11 is 0. The summed E-state index contributed by atoms with van der Waals surface area (Å²) in [5, 5.41) is 10.4. The molecule has 2 aromatic carbocycles. The summed E-state index contributed by atoms with van der Waals surface area (Å²) < 4.78 is 11.5. The lowest BCUT2D eigenvalue weighted by molar-refractivity contribution is -0.0697. The minimum Gasteiger partial charge on any atom is -0.472 e. The summed E-state index contributed by atoms with van der Waals surface area (Å²) in [5.41, 5.74) is 12.5. The zero-order valence-corrected chi connectivity index (χ0v) is 19.4. The molecule has 33 heavy (non-hydrogen) atoms. The first-order valence-electron chi connectivity index (χ1n) is 11.2. The molecular formula is C26H31N3O4. The lowest BCUT2D eigenvalue weighted by Crippen LogP contribution is -2.55. The van der Waals surface area contributed by atoms with Gasteiger partial charge in [0.2, 0.25) is 0 Å². The normalized spacial score (nSPS) is 21.3. The molecule has 2 heterocycles. The van der Waals surface area contributed by atoms with Gasteiger partial charge in [0.25, 0.3) is 5.91 Å². The Hall–Kier alpha value is -3.16.